The van der Waals surface area contributed by atoms with Crippen molar-refractivity contribution in [2.24, 2.45) is 23.7 Å². The molecule has 1 heterocycles. The lowest BCUT2D eigenvalue weighted by atomic mass is 9.53. The number of hydrogen-bond donors (Lipinski definition) is 2. The fourth-order valence-electron chi connectivity index (χ4n) is 6.44. The van der Waals surface area contributed by atoms with E-state index in [1.165, 1.54) is 50.5 Å². The molecule has 5 nitrogen and oxygen atoms in total. The van der Waals surface area contributed by atoms with E-state index < -0.39 is 0 Å². The van der Waals surface area contributed by atoms with Crippen molar-refractivity contribution in [3.8, 4) is 0 Å². The van der Waals surface area contributed by atoms with Crippen LogP contribution in [0.2, 0.25) is 0 Å². The first-order valence-corrected chi connectivity index (χ1v) is 9.77. The molecular weight excluding hydrogens is 304 g/mol. The lowest BCUT2D eigenvalue weighted by molar-refractivity contribution is -0.897. The van der Waals surface area contributed by atoms with Gasteiger partial charge in [-0.1, -0.05) is 0 Å². The first-order valence-electron chi connectivity index (χ1n) is 9.77. The SMILES string of the molecule is COC(=O)C1CC[NH+](CC(=O)NC23CC4CC(CC(C4)C2)C3)CC1. The molecule has 1 amide bonds. The summed E-state index contributed by atoms with van der Waals surface area (Å²) in [5.74, 6) is 2.75. The molecule has 134 valence electrons. The molecule has 5 fully saturated rings. The molecule has 2 N–H and O–H groups in total. The second-order valence-corrected chi connectivity index (χ2v) is 8.97. The van der Waals surface area contributed by atoms with Gasteiger partial charge in [-0.3, -0.25) is 9.59 Å². The Morgan fingerprint density at radius 3 is 2.08 bits per heavy atom. The predicted octanol–water partition coefficient (Wildman–Crippen LogP) is 0.539. The molecular formula is C19H31N2O3+. The number of amides is 1. The van der Waals surface area contributed by atoms with Gasteiger partial charge >= 0.3 is 5.97 Å². The first-order chi connectivity index (χ1) is 11.5. The van der Waals surface area contributed by atoms with Crippen molar-refractivity contribution in [2.45, 2.75) is 56.9 Å². The Morgan fingerprint density at radius 1 is 1.04 bits per heavy atom. The van der Waals surface area contributed by atoms with Gasteiger partial charge in [-0.2, -0.15) is 0 Å². The molecule has 5 rings (SSSR count). The fourth-order valence-corrected chi connectivity index (χ4v) is 6.44. The number of carbonyl (C=O) groups excluding carboxylic acids is 2. The smallest absolute Gasteiger partial charge is 0.309 e. The number of likely N-dealkylation sites (tertiary alicyclic amines) is 1. The Labute approximate surface area is 144 Å². The minimum Gasteiger partial charge on any atom is -0.469 e. The third-order valence-corrected chi connectivity index (χ3v) is 7.08. The largest absolute Gasteiger partial charge is 0.469 e. The third-order valence-electron chi connectivity index (χ3n) is 7.08. The van der Waals surface area contributed by atoms with E-state index in [0.717, 1.165) is 43.7 Å². The van der Waals surface area contributed by atoms with Crippen LogP contribution in [0.1, 0.15) is 51.4 Å². The molecule has 0 atom stereocenters. The number of hydrogen-bond acceptors (Lipinski definition) is 3. The zero-order valence-electron chi connectivity index (χ0n) is 14.8. The molecule has 0 aromatic heterocycles. The minimum atomic E-state index is -0.0907. The van der Waals surface area contributed by atoms with Gasteiger partial charge in [0.1, 0.15) is 0 Å². The van der Waals surface area contributed by atoms with Crippen molar-refractivity contribution in [1.82, 2.24) is 5.32 Å². The highest BCUT2D eigenvalue weighted by molar-refractivity contribution is 5.78. The molecule has 0 aromatic carbocycles. The van der Waals surface area contributed by atoms with Crippen LogP contribution >= 0.6 is 0 Å². The maximum absolute atomic E-state index is 12.6. The van der Waals surface area contributed by atoms with Crippen molar-refractivity contribution in [3.05, 3.63) is 0 Å². The molecule has 24 heavy (non-hydrogen) atoms. The van der Waals surface area contributed by atoms with Crippen LogP contribution in [0.5, 0.6) is 0 Å². The second-order valence-electron chi connectivity index (χ2n) is 8.97. The van der Waals surface area contributed by atoms with E-state index in [-0.39, 0.29) is 23.3 Å². The Morgan fingerprint density at radius 2 is 1.58 bits per heavy atom. The van der Waals surface area contributed by atoms with Crippen LogP contribution in [0.25, 0.3) is 0 Å². The number of carbonyl (C=O) groups is 2. The van der Waals surface area contributed by atoms with Gasteiger partial charge in [0.05, 0.1) is 26.1 Å². The Hall–Kier alpha value is -1.10. The summed E-state index contributed by atoms with van der Waals surface area (Å²) in [6, 6.07) is 0. The van der Waals surface area contributed by atoms with Crippen LogP contribution in [0, 0.1) is 23.7 Å². The van der Waals surface area contributed by atoms with Crippen molar-refractivity contribution >= 4 is 11.9 Å². The van der Waals surface area contributed by atoms with Gasteiger partial charge in [0, 0.05) is 18.4 Å². The molecule has 4 bridgehead atoms. The zero-order valence-corrected chi connectivity index (χ0v) is 14.8. The highest BCUT2D eigenvalue weighted by Gasteiger charge is 2.51. The quantitative estimate of drug-likeness (QED) is 0.737. The van der Waals surface area contributed by atoms with Crippen molar-refractivity contribution in [2.75, 3.05) is 26.7 Å². The second kappa shape index (κ2) is 6.32. The maximum Gasteiger partial charge on any atom is 0.309 e. The summed E-state index contributed by atoms with van der Waals surface area (Å²) in [7, 11) is 1.46. The molecule has 1 aliphatic heterocycles. The monoisotopic (exact) mass is 335 g/mol. The van der Waals surface area contributed by atoms with Crippen LogP contribution in [-0.4, -0.2) is 44.2 Å². The lowest BCUT2D eigenvalue weighted by Crippen LogP contribution is -3.14. The number of nitrogens with one attached hydrogen (secondary N) is 2. The standard InChI is InChI=1S/C19H30N2O3/c1-24-18(23)16-2-4-21(5-3-16)12-17(22)20-19-9-13-6-14(10-19)8-15(7-13)11-19/h13-16H,2-12H2,1H3,(H,20,22)/p+1. The van der Waals surface area contributed by atoms with Gasteiger partial charge < -0.3 is 15.0 Å². The lowest BCUT2D eigenvalue weighted by Gasteiger charge is -2.56. The summed E-state index contributed by atoms with van der Waals surface area (Å²) in [4.78, 5) is 25.6. The van der Waals surface area contributed by atoms with E-state index in [1.54, 1.807) is 0 Å². The van der Waals surface area contributed by atoms with Gasteiger partial charge in [-0.15, -0.1) is 0 Å². The molecule has 0 spiro atoms. The Balaban J connectivity index is 1.28. The Kier molecular flexibility index (Phi) is 4.31. The van der Waals surface area contributed by atoms with E-state index in [9.17, 15) is 9.59 Å². The van der Waals surface area contributed by atoms with E-state index >= 15 is 0 Å². The van der Waals surface area contributed by atoms with Gasteiger partial charge in [0.15, 0.2) is 6.54 Å². The fraction of sp³-hybridized carbons (Fsp3) is 0.895. The van der Waals surface area contributed by atoms with Gasteiger partial charge in [0.25, 0.3) is 5.91 Å². The number of methoxy groups -OCH3 is 1. The van der Waals surface area contributed by atoms with E-state index in [4.69, 9.17) is 4.74 Å². The van der Waals surface area contributed by atoms with Crippen molar-refractivity contribution in [1.29, 1.82) is 0 Å². The average molecular weight is 335 g/mol. The number of quaternary nitrogens is 1. The summed E-state index contributed by atoms with van der Waals surface area (Å²) in [5, 5.41) is 3.47. The average Bonchev–Trinajstić information content (AvgIpc) is 2.53. The number of esters is 1. The predicted molar refractivity (Wildman–Crippen MR) is 89.3 cm³/mol. The number of piperidine rings is 1. The molecule has 1 saturated heterocycles. The molecule has 0 unspecified atom stereocenters. The van der Waals surface area contributed by atoms with Crippen molar-refractivity contribution < 1.29 is 19.2 Å². The zero-order chi connectivity index (χ0) is 16.7. The number of ether oxygens (including phenoxy) is 1. The third kappa shape index (κ3) is 3.19. The van der Waals surface area contributed by atoms with Gasteiger partial charge in [0.2, 0.25) is 0 Å². The van der Waals surface area contributed by atoms with Crippen LogP contribution in [0.3, 0.4) is 0 Å². The molecule has 4 saturated carbocycles. The molecule has 0 radical (unpaired) electrons. The van der Waals surface area contributed by atoms with Crippen LogP contribution in [0.4, 0.5) is 0 Å². The van der Waals surface area contributed by atoms with Crippen LogP contribution in [-0.2, 0) is 14.3 Å². The molecule has 0 aromatic rings. The highest BCUT2D eigenvalue weighted by atomic mass is 16.5. The normalized spacial score (nSPS) is 43.5. The molecule has 5 aliphatic rings. The van der Waals surface area contributed by atoms with Crippen LogP contribution < -0.4 is 10.2 Å². The number of rotatable bonds is 4. The van der Waals surface area contributed by atoms with E-state index in [1.807, 2.05) is 0 Å². The summed E-state index contributed by atoms with van der Waals surface area (Å²) in [6.45, 7) is 2.36. The summed E-state index contributed by atoms with van der Waals surface area (Å²) >= 11 is 0. The highest BCUT2D eigenvalue weighted by Crippen LogP contribution is 2.55. The maximum atomic E-state index is 12.6. The summed E-state index contributed by atoms with van der Waals surface area (Å²) in [5.41, 5.74) is 0.121. The molecule has 5 heteroatoms. The summed E-state index contributed by atoms with van der Waals surface area (Å²) < 4.78 is 4.84. The van der Waals surface area contributed by atoms with E-state index in [0.29, 0.717) is 6.54 Å². The minimum absolute atomic E-state index is 0.0324. The molecule has 4 aliphatic carbocycles. The Bertz CT molecular complexity index is 475. The first kappa shape index (κ1) is 16.4. The summed E-state index contributed by atoms with van der Waals surface area (Å²) in [6.07, 6.45) is 9.53. The van der Waals surface area contributed by atoms with Gasteiger partial charge in [-0.05, 0) is 56.3 Å². The van der Waals surface area contributed by atoms with E-state index in [2.05, 4.69) is 5.32 Å². The topological polar surface area (TPSA) is 59.8 Å². The van der Waals surface area contributed by atoms with Crippen LogP contribution in [0.15, 0.2) is 0 Å². The van der Waals surface area contributed by atoms with Crippen molar-refractivity contribution in [3.63, 3.8) is 0 Å². The van der Waals surface area contributed by atoms with Gasteiger partial charge in [-0.25, -0.2) is 0 Å².